The highest BCUT2D eigenvalue weighted by molar-refractivity contribution is 6.44. The van der Waals surface area contributed by atoms with E-state index in [2.05, 4.69) is 33.8 Å². The molecule has 2 rings (SSSR count). The number of rotatable bonds is 16. The number of carbonyl (C=O) groups is 2. The van der Waals surface area contributed by atoms with Crippen molar-refractivity contribution in [3.05, 3.63) is 59.4 Å². The number of hydrogen-bond donors (Lipinski definition) is 1. The van der Waals surface area contributed by atoms with Gasteiger partial charge in [-0.15, -0.1) is 0 Å². The third-order valence-electron chi connectivity index (χ3n) is 8.75. The third kappa shape index (κ3) is 10.3. The second-order valence-electron chi connectivity index (χ2n) is 13.0. The molecule has 0 fully saturated rings. The van der Waals surface area contributed by atoms with Gasteiger partial charge in [-0.1, -0.05) is 83.5 Å². The summed E-state index contributed by atoms with van der Waals surface area (Å²) in [7, 11) is 1.07. The van der Waals surface area contributed by atoms with Gasteiger partial charge in [-0.25, -0.2) is 0 Å². The number of benzene rings is 1. The SMILES string of the molecule is CCCC(=O)OC1=C(CCCCC(C)C(C)([SiH2]O[SiH3])C(=O)OC)[C@@H](/C=C/C(O)Cc2ccccc2)[C@H](C(C)(C)C)C1. The van der Waals surface area contributed by atoms with E-state index in [-0.39, 0.29) is 35.1 Å². The Bertz CT molecular complexity index is 1030. The molecule has 1 aliphatic carbocycles. The molecule has 1 aliphatic rings. The van der Waals surface area contributed by atoms with Crippen molar-refractivity contribution >= 4 is 32.2 Å². The van der Waals surface area contributed by atoms with E-state index in [4.69, 9.17) is 13.6 Å². The number of methoxy groups -OCH3 is 1. The minimum Gasteiger partial charge on any atom is -0.469 e. The molecule has 0 saturated carbocycles. The molecular weight excluding hydrogens is 549 g/mol. The van der Waals surface area contributed by atoms with Gasteiger partial charge in [0.2, 0.25) is 0 Å². The first-order valence-electron chi connectivity index (χ1n) is 15.3. The number of hydrogen-bond acceptors (Lipinski definition) is 6. The second-order valence-corrected chi connectivity index (χ2v) is 17.1. The number of allylic oxidation sites excluding steroid dienone is 3. The maximum Gasteiger partial charge on any atom is 0.310 e. The maximum atomic E-state index is 12.6. The van der Waals surface area contributed by atoms with E-state index in [0.717, 1.165) is 49.8 Å². The third-order valence-corrected chi connectivity index (χ3v) is 11.5. The summed E-state index contributed by atoms with van der Waals surface area (Å²) in [5, 5.41) is 10.3. The molecule has 1 aromatic carbocycles. The van der Waals surface area contributed by atoms with Crippen molar-refractivity contribution < 1.29 is 28.3 Å². The van der Waals surface area contributed by atoms with Gasteiger partial charge in [0.25, 0.3) is 0 Å². The van der Waals surface area contributed by atoms with Gasteiger partial charge in [0.05, 0.1) is 18.3 Å². The fourth-order valence-electron chi connectivity index (χ4n) is 5.98. The summed E-state index contributed by atoms with van der Waals surface area (Å²) in [6, 6.07) is 10.0. The molecule has 0 radical (unpaired) electrons. The first kappa shape index (κ1) is 35.2. The first-order chi connectivity index (χ1) is 19.4. The molecule has 230 valence electrons. The summed E-state index contributed by atoms with van der Waals surface area (Å²) in [4.78, 5) is 25.2. The Balaban J connectivity index is 2.24. The summed E-state index contributed by atoms with van der Waals surface area (Å²) in [6.07, 6.45) is 9.55. The molecule has 41 heavy (non-hydrogen) atoms. The average Bonchev–Trinajstić information content (AvgIpc) is 3.27. The van der Waals surface area contributed by atoms with Crippen molar-refractivity contribution in [1.82, 2.24) is 0 Å². The number of aliphatic hydroxyl groups excluding tert-OH is 1. The quantitative estimate of drug-likeness (QED) is 0.119. The molecular formula is C33H54O6Si2. The summed E-state index contributed by atoms with van der Waals surface area (Å²) < 4.78 is 16.8. The fourth-order valence-corrected chi connectivity index (χ4v) is 9.13. The number of carbonyl (C=O) groups excluding carboxylic acids is 2. The molecule has 0 aliphatic heterocycles. The molecule has 6 nitrogen and oxygen atoms in total. The standard InChI is InChI=1S/C33H54O6Si2/c1-8-14-30(35)38-29-22-28(32(3,4)5)26(20-19-25(34)21-24-16-10-9-11-17-24)27(29)18-13-12-15-23(2)33(6,41-39-40)31(36)37-7/h9-11,16-17,19-20,23,25-26,28,34H,8,12-15,18,21-22,41H2,1-7,40H3/b20-19+/t23?,25?,26-,28-,33?/m1/s1. The van der Waals surface area contributed by atoms with Crippen molar-refractivity contribution in [3.63, 3.8) is 0 Å². The van der Waals surface area contributed by atoms with Gasteiger partial charge in [-0.2, -0.15) is 0 Å². The van der Waals surface area contributed by atoms with Crippen LogP contribution in [0.2, 0.25) is 5.04 Å². The lowest BCUT2D eigenvalue weighted by molar-refractivity contribution is -0.145. The number of aliphatic hydroxyl groups is 1. The van der Waals surface area contributed by atoms with E-state index in [1.54, 1.807) is 0 Å². The lowest BCUT2D eigenvalue weighted by Crippen LogP contribution is -2.35. The lowest BCUT2D eigenvalue weighted by atomic mass is 9.72. The molecule has 3 unspecified atom stereocenters. The average molecular weight is 603 g/mol. The van der Waals surface area contributed by atoms with Gasteiger partial charge in [0.1, 0.15) is 16.2 Å². The molecule has 1 aromatic rings. The highest BCUT2D eigenvalue weighted by Crippen LogP contribution is 2.49. The minimum atomic E-state index is -1.02. The molecule has 1 N–H and O–H groups in total. The van der Waals surface area contributed by atoms with Crippen LogP contribution in [0.15, 0.2) is 53.8 Å². The monoisotopic (exact) mass is 602 g/mol. The Kier molecular flexibility index (Phi) is 14.2. The van der Waals surface area contributed by atoms with E-state index in [1.165, 1.54) is 12.7 Å². The molecule has 0 spiro atoms. The summed E-state index contributed by atoms with van der Waals surface area (Å²) in [5.41, 5.74) is 2.27. The Morgan fingerprint density at radius 3 is 2.44 bits per heavy atom. The zero-order chi connectivity index (χ0) is 30.6. The molecule has 0 saturated heterocycles. The van der Waals surface area contributed by atoms with E-state index in [9.17, 15) is 14.7 Å². The van der Waals surface area contributed by atoms with Crippen molar-refractivity contribution in [1.29, 1.82) is 0 Å². The van der Waals surface area contributed by atoms with Crippen LogP contribution < -0.4 is 0 Å². The number of esters is 2. The van der Waals surface area contributed by atoms with E-state index in [1.807, 2.05) is 50.3 Å². The molecule has 0 aromatic heterocycles. The van der Waals surface area contributed by atoms with E-state index >= 15 is 0 Å². The second kappa shape index (κ2) is 16.6. The maximum absolute atomic E-state index is 12.6. The Morgan fingerprint density at radius 1 is 1.17 bits per heavy atom. The highest BCUT2D eigenvalue weighted by atomic mass is 28.3. The lowest BCUT2D eigenvalue weighted by Gasteiger charge is -2.33. The summed E-state index contributed by atoms with van der Waals surface area (Å²) in [5.74, 6) is 1.01. The van der Waals surface area contributed by atoms with Crippen LogP contribution in [-0.4, -0.2) is 50.5 Å². The van der Waals surface area contributed by atoms with Gasteiger partial charge >= 0.3 is 11.9 Å². The zero-order valence-electron chi connectivity index (χ0n) is 26.7. The Labute approximate surface area is 253 Å². The molecule has 0 heterocycles. The first-order valence-corrected chi connectivity index (χ1v) is 17.4. The summed E-state index contributed by atoms with van der Waals surface area (Å²) in [6.45, 7) is 12.8. The molecule has 8 heteroatoms. The van der Waals surface area contributed by atoms with Crippen molar-refractivity contribution in [2.24, 2.45) is 23.2 Å². The molecule has 0 amide bonds. The number of ether oxygens (including phenoxy) is 2. The molecule has 0 bridgehead atoms. The normalized spacial score (nSPS) is 21.0. The van der Waals surface area contributed by atoms with Gasteiger partial charge in [0.15, 0.2) is 9.76 Å². The Morgan fingerprint density at radius 2 is 1.85 bits per heavy atom. The van der Waals surface area contributed by atoms with Crippen LogP contribution in [0.5, 0.6) is 0 Å². The Hall–Kier alpha value is -2.01. The van der Waals surface area contributed by atoms with Crippen LogP contribution in [-0.2, 0) is 29.6 Å². The van der Waals surface area contributed by atoms with Gasteiger partial charge in [0, 0.05) is 25.2 Å². The van der Waals surface area contributed by atoms with E-state index < -0.39 is 20.9 Å². The van der Waals surface area contributed by atoms with Crippen LogP contribution in [0.3, 0.4) is 0 Å². The minimum absolute atomic E-state index is 0.00547. The van der Waals surface area contributed by atoms with Crippen LogP contribution in [0.1, 0.15) is 92.1 Å². The van der Waals surface area contributed by atoms with Gasteiger partial charge in [-0.3, -0.25) is 9.59 Å². The topological polar surface area (TPSA) is 82.1 Å². The van der Waals surface area contributed by atoms with Crippen LogP contribution >= 0.6 is 0 Å². The fraction of sp³-hybridized carbons (Fsp3) is 0.636. The molecule has 5 atom stereocenters. The van der Waals surface area contributed by atoms with Gasteiger partial charge in [-0.05, 0) is 61.0 Å². The van der Waals surface area contributed by atoms with Crippen molar-refractivity contribution in [3.8, 4) is 0 Å². The van der Waals surface area contributed by atoms with Crippen LogP contribution in [0.25, 0.3) is 0 Å². The largest absolute Gasteiger partial charge is 0.469 e. The van der Waals surface area contributed by atoms with Crippen molar-refractivity contribution in [2.75, 3.05) is 7.11 Å². The van der Waals surface area contributed by atoms with Gasteiger partial charge < -0.3 is 18.7 Å². The predicted octanol–water partition coefficient (Wildman–Crippen LogP) is 5.35. The number of unbranched alkanes of at least 4 members (excludes halogenated alkanes) is 1. The predicted molar refractivity (Wildman–Crippen MR) is 172 cm³/mol. The smallest absolute Gasteiger partial charge is 0.310 e. The highest BCUT2D eigenvalue weighted by Gasteiger charge is 2.42. The van der Waals surface area contributed by atoms with E-state index in [0.29, 0.717) is 23.3 Å². The zero-order valence-corrected chi connectivity index (χ0v) is 30.1. The van der Waals surface area contributed by atoms with Crippen LogP contribution in [0, 0.1) is 23.2 Å². The van der Waals surface area contributed by atoms with Crippen LogP contribution in [0.4, 0.5) is 0 Å². The summed E-state index contributed by atoms with van der Waals surface area (Å²) >= 11 is 0. The van der Waals surface area contributed by atoms with Crippen molar-refractivity contribution in [2.45, 2.75) is 104 Å².